The summed E-state index contributed by atoms with van der Waals surface area (Å²) in [7, 11) is 0. The van der Waals surface area contributed by atoms with E-state index < -0.39 is 0 Å². The molecule has 1 heterocycles. The molecular weight excluding hydrogens is 234 g/mol. The van der Waals surface area contributed by atoms with Crippen molar-refractivity contribution in [2.24, 2.45) is 0 Å². The number of nitrogens with one attached hydrogen (secondary N) is 1. The van der Waals surface area contributed by atoms with E-state index in [9.17, 15) is 0 Å². The number of hydrogen-bond donors (Lipinski definition) is 2. The second-order valence-electron chi connectivity index (χ2n) is 3.43. The molecule has 1 aromatic heterocycles. The zero-order valence-electron chi connectivity index (χ0n) is 9.27. The largest absolute Gasteiger partial charge is 0.423 e. The van der Waals surface area contributed by atoms with Gasteiger partial charge in [-0.1, -0.05) is 5.92 Å². The molecule has 2 aromatic rings. The minimum absolute atomic E-state index is 0.520. The van der Waals surface area contributed by atoms with Crippen LogP contribution in [0.4, 0.5) is 11.7 Å². The number of nitrogens with two attached hydrogens (primary N) is 1. The fourth-order valence-electron chi connectivity index (χ4n) is 1.38. The second kappa shape index (κ2) is 5.51. The van der Waals surface area contributed by atoms with Crippen molar-refractivity contribution in [2.75, 3.05) is 29.1 Å². The van der Waals surface area contributed by atoms with Gasteiger partial charge in [0.25, 0.3) is 6.01 Å². The Kier molecular flexibility index (Phi) is 3.78. The fraction of sp³-hybridized carbons (Fsp3) is 0.250. The first-order valence-corrected chi connectivity index (χ1v) is 6.36. The monoisotopic (exact) mass is 247 g/mol. The highest BCUT2D eigenvalue weighted by Crippen LogP contribution is 2.20. The van der Waals surface area contributed by atoms with Crippen molar-refractivity contribution >= 4 is 34.6 Å². The molecule has 2 rings (SSSR count). The first-order valence-electron chi connectivity index (χ1n) is 5.21. The van der Waals surface area contributed by atoms with Crippen molar-refractivity contribution in [1.82, 2.24) is 4.98 Å². The third kappa shape index (κ3) is 3.08. The number of anilines is 2. The van der Waals surface area contributed by atoms with Crippen LogP contribution in [0.25, 0.3) is 11.1 Å². The molecule has 17 heavy (non-hydrogen) atoms. The highest BCUT2D eigenvalue weighted by atomic mass is 32.2. The predicted octanol–water partition coefficient (Wildman–Crippen LogP) is 2.19. The van der Waals surface area contributed by atoms with Crippen LogP contribution in [0.3, 0.4) is 0 Å². The summed E-state index contributed by atoms with van der Waals surface area (Å²) in [6.45, 7) is 0.772. The molecule has 1 aromatic carbocycles. The molecule has 0 aliphatic rings. The van der Waals surface area contributed by atoms with Gasteiger partial charge in [0.15, 0.2) is 5.58 Å². The molecule has 88 valence electrons. The summed E-state index contributed by atoms with van der Waals surface area (Å²) in [5.41, 5.74) is 7.83. The van der Waals surface area contributed by atoms with E-state index in [1.165, 1.54) is 0 Å². The minimum atomic E-state index is 0.520. The maximum atomic E-state index is 5.66. The predicted molar refractivity (Wildman–Crippen MR) is 73.1 cm³/mol. The normalized spacial score (nSPS) is 10.3. The molecule has 5 heteroatoms. The third-order valence-electron chi connectivity index (χ3n) is 2.12. The van der Waals surface area contributed by atoms with Crippen LogP contribution in [0.2, 0.25) is 0 Å². The lowest BCUT2D eigenvalue weighted by atomic mass is 10.3. The number of oxazole rings is 1. The van der Waals surface area contributed by atoms with Crippen LogP contribution in [0.15, 0.2) is 22.6 Å². The standard InChI is InChI=1S/C12H13N3OS/c1-2-6-17-7-5-14-12-15-10-4-3-9(13)8-11(10)16-12/h1,3-4,8H,5-7,13H2,(H,14,15). The molecule has 0 saturated carbocycles. The zero-order valence-corrected chi connectivity index (χ0v) is 10.1. The Hall–Kier alpha value is -1.80. The van der Waals surface area contributed by atoms with Gasteiger partial charge in [-0.3, -0.25) is 0 Å². The molecule has 0 unspecified atom stereocenters. The summed E-state index contributed by atoms with van der Waals surface area (Å²) in [4.78, 5) is 4.29. The van der Waals surface area contributed by atoms with Gasteiger partial charge >= 0.3 is 0 Å². The topological polar surface area (TPSA) is 64.1 Å². The lowest BCUT2D eigenvalue weighted by Crippen LogP contribution is -2.04. The van der Waals surface area contributed by atoms with E-state index in [-0.39, 0.29) is 0 Å². The summed E-state index contributed by atoms with van der Waals surface area (Å²) < 4.78 is 5.50. The molecule has 4 nitrogen and oxygen atoms in total. The molecule has 0 radical (unpaired) electrons. The van der Waals surface area contributed by atoms with Crippen molar-refractivity contribution in [1.29, 1.82) is 0 Å². The van der Waals surface area contributed by atoms with Gasteiger partial charge in [-0.15, -0.1) is 18.2 Å². The molecule has 0 amide bonds. The Balaban J connectivity index is 1.93. The first kappa shape index (κ1) is 11.7. The quantitative estimate of drug-likeness (QED) is 0.481. The Morgan fingerprint density at radius 3 is 3.24 bits per heavy atom. The lowest BCUT2D eigenvalue weighted by molar-refractivity contribution is 0.617. The minimum Gasteiger partial charge on any atom is -0.423 e. The molecule has 0 atom stereocenters. The van der Waals surface area contributed by atoms with E-state index in [2.05, 4.69) is 16.2 Å². The third-order valence-corrected chi connectivity index (χ3v) is 2.98. The molecule has 0 aliphatic heterocycles. The van der Waals surface area contributed by atoms with Gasteiger partial charge in [0.1, 0.15) is 5.52 Å². The highest BCUT2D eigenvalue weighted by molar-refractivity contribution is 7.99. The number of terminal acetylenes is 1. The summed E-state index contributed by atoms with van der Waals surface area (Å²) in [5, 5.41) is 3.10. The van der Waals surface area contributed by atoms with Crippen molar-refractivity contribution in [3.63, 3.8) is 0 Å². The van der Waals surface area contributed by atoms with Gasteiger partial charge < -0.3 is 15.5 Å². The van der Waals surface area contributed by atoms with Crippen molar-refractivity contribution in [2.45, 2.75) is 0 Å². The van der Waals surface area contributed by atoms with Crippen LogP contribution < -0.4 is 11.1 Å². The van der Waals surface area contributed by atoms with Crippen LogP contribution in [-0.2, 0) is 0 Å². The van der Waals surface area contributed by atoms with Gasteiger partial charge in [-0.2, -0.15) is 4.98 Å². The van der Waals surface area contributed by atoms with Gasteiger partial charge in [0.2, 0.25) is 0 Å². The van der Waals surface area contributed by atoms with Crippen molar-refractivity contribution < 1.29 is 4.42 Å². The average molecular weight is 247 g/mol. The van der Waals surface area contributed by atoms with Crippen LogP contribution in [-0.4, -0.2) is 23.0 Å². The fourth-order valence-corrected chi connectivity index (χ4v) is 1.89. The van der Waals surface area contributed by atoms with Gasteiger partial charge in [0, 0.05) is 24.1 Å². The summed E-state index contributed by atoms with van der Waals surface area (Å²) in [6.07, 6.45) is 5.15. The zero-order chi connectivity index (χ0) is 12.1. The van der Waals surface area contributed by atoms with Crippen LogP contribution in [0.1, 0.15) is 0 Å². The van der Waals surface area contributed by atoms with Gasteiger partial charge in [0.05, 0.1) is 5.75 Å². The molecule has 0 fully saturated rings. The van der Waals surface area contributed by atoms with E-state index in [0.717, 1.165) is 23.6 Å². The number of nitrogen functional groups attached to an aromatic ring is 1. The smallest absolute Gasteiger partial charge is 0.295 e. The summed E-state index contributed by atoms with van der Waals surface area (Å²) in [6, 6.07) is 5.93. The Bertz CT molecular complexity index is 544. The van der Waals surface area contributed by atoms with E-state index >= 15 is 0 Å². The number of hydrogen-bond acceptors (Lipinski definition) is 5. The van der Waals surface area contributed by atoms with Gasteiger partial charge in [-0.25, -0.2) is 0 Å². The Morgan fingerprint density at radius 2 is 2.41 bits per heavy atom. The van der Waals surface area contributed by atoms with E-state index in [4.69, 9.17) is 16.6 Å². The molecule has 0 bridgehead atoms. The number of nitrogens with zero attached hydrogens (tertiary/aromatic N) is 1. The molecule has 3 N–H and O–H groups in total. The van der Waals surface area contributed by atoms with E-state index in [0.29, 0.717) is 17.3 Å². The van der Waals surface area contributed by atoms with Crippen LogP contribution >= 0.6 is 11.8 Å². The molecule has 0 saturated heterocycles. The van der Waals surface area contributed by atoms with E-state index in [1.807, 2.05) is 6.07 Å². The lowest BCUT2D eigenvalue weighted by Gasteiger charge is -1.98. The van der Waals surface area contributed by atoms with Crippen molar-refractivity contribution in [3.05, 3.63) is 18.2 Å². The number of rotatable bonds is 5. The maximum Gasteiger partial charge on any atom is 0.295 e. The molecule has 0 spiro atoms. The van der Waals surface area contributed by atoms with Crippen LogP contribution in [0.5, 0.6) is 0 Å². The SMILES string of the molecule is C#CCSCCNc1nc2ccc(N)cc2o1. The van der Waals surface area contributed by atoms with E-state index in [1.54, 1.807) is 23.9 Å². The molecular formula is C12H13N3OS. The number of aromatic nitrogens is 1. The number of benzene rings is 1. The second-order valence-corrected chi connectivity index (χ2v) is 4.53. The maximum absolute atomic E-state index is 5.66. The van der Waals surface area contributed by atoms with Crippen molar-refractivity contribution in [3.8, 4) is 12.3 Å². The average Bonchev–Trinajstić information content (AvgIpc) is 2.70. The first-order chi connectivity index (χ1) is 8.29. The Morgan fingerprint density at radius 1 is 1.53 bits per heavy atom. The highest BCUT2D eigenvalue weighted by Gasteiger charge is 2.04. The van der Waals surface area contributed by atoms with Crippen LogP contribution in [0, 0.1) is 12.3 Å². The number of fused-ring (bicyclic) bond motifs is 1. The van der Waals surface area contributed by atoms with Gasteiger partial charge in [-0.05, 0) is 12.1 Å². The number of thioether (sulfide) groups is 1. The Labute approximate surface area is 104 Å². The summed E-state index contributed by atoms with van der Waals surface area (Å²) >= 11 is 1.69. The summed E-state index contributed by atoms with van der Waals surface area (Å²) in [5.74, 6) is 4.23. The molecule has 0 aliphatic carbocycles.